The molecule has 0 bridgehead atoms. The molecule has 6 rings (SSSR count). The zero-order valence-corrected chi connectivity index (χ0v) is 28.7. The van der Waals surface area contributed by atoms with Gasteiger partial charge in [-0.05, 0) is 66.6 Å². The number of piperazine rings is 1. The van der Waals surface area contributed by atoms with Crippen molar-refractivity contribution in [3.63, 3.8) is 0 Å². The van der Waals surface area contributed by atoms with Gasteiger partial charge in [0.25, 0.3) is 15.9 Å². The standard InChI is InChI=1S/C34H31Cl2F2N5O5S/c1-21-15-32(39-19-29(21)40-49(45,46)26-9-10-27(35)28(36)18-26)47-25-8-5-23-16-31(41(2)30(23)17-25)33(44)43-13-11-42(12-14-43)20-22-3-6-24(7-4-22)48-34(37)38/h3-10,15-19,34,40H,11-14,20H2,1-2H3. The van der Waals surface area contributed by atoms with Crippen molar-refractivity contribution in [2.75, 3.05) is 30.9 Å². The Balaban J connectivity index is 1.08. The zero-order chi connectivity index (χ0) is 34.9. The summed E-state index contributed by atoms with van der Waals surface area (Å²) in [6, 6.07) is 19.6. The maximum Gasteiger partial charge on any atom is 0.387 e. The van der Waals surface area contributed by atoms with Crippen molar-refractivity contribution in [2.24, 2.45) is 7.05 Å². The van der Waals surface area contributed by atoms with E-state index in [4.69, 9.17) is 27.9 Å². The molecule has 10 nitrogen and oxygen atoms in total. The van der Waals surface area contributed by atoms with E-state index in [2.05, 4.69) is 19.3 Å². The molecule has 49 heavy (non-hydrogen) atoms. The van der Waals surface area contributed by atoms with Crippen LogP contribution in [0.15, 0.2) is 83.9 Å². The van der Waals surface area contributed by atoms with Crippen molar-refractivity contribution < 1.29 is 31.5 Å². The number of ether oxygens (including phenoxy) is 2. The van der Waals surface area contributed by atoms with E-state index in [0.717, 1.165) is 16.5 Å². The molecule has 1 N–H and O–H groups in total. The number of benzene rings is 3. The Kier molecular flexibility index (Phi) is 9.98. The number of nitrogens with one attached hydrogen (secondary N) is 1. The molecule has 2 aromatic heterocycles. The van der Waals surface area contributed by atoms with Crippen LogP contribution in [-0.4, -0.2) is 66.5 Å². The lowest BCUT2D eigenvalue weighted by Gasteiger charge is -2.34. The van der Waals surface area contributed by atoms with Crippen LogP contribution >= 0.6 is 23.2 Å². The van der Waals surface area contributed by atoms with Crippen molar-refractivity contribution >= 4 is 55.7 Å². The smallest absolute Gasteiger partial charge is 0.387 e. The molecular weight excluding hydrogens is 699 g/mol. The molecule has 0 spiro atoms. The molecule has 0 unspecified atom stereocenters. The summed E-state index contributed by atoms with van der Waals surface area (Å²) in [4.78, 5) is 21.8. The van der Waals surface area contributed by atoms with Gasteiger partial charge in [-0.3, -0.25) is 14.4 Å². The van der Waals surface area contributed by atoms with E-state index < -0.39 is 16.6 Å². The largest absolute Gasteiger partial charge is 0.439 e. The van der Waals surface area contributed by atoms with E-state index in [1.54, 1.807) is 31.2 Å². The first-order valence-corrected chi connectivity index (χ1v) is 17.4. The van der Waals surface area contributed by atoms with Gasteiger partial charge in [-0.25, -0.2) is 13.4 Å². The number of hydrogen-bond donors (Lipinski definition) is 1. The first kappa shape index (κ1) is 34.4. The average molecular weight is 731 g/mol. The molecule has 0 radical (unpaired) electrons. The van der Waals surface area contributed by atoms with Gasteiger partial charge in [0.2, 0.25) is 5.88 Å². The number of sulfonamides is 1. The van der Waals surface area contributed by atoms with Crippen LogP contribution in [0.1, 0.15) is 21.6 Å². The summed E-state index contributed by atoms with van der Waals surface area (Å²) in [6.45, 7) is 1.94. The van der Waals surface area contributed by atoms with E-state index in [9.17, 15) is 22.0 Å². The number of carbonyl (C=O) groups excluding carboxylic acids is 1. The van der Waals surface area contributed by atoms with E-state index in [1.807, 2.05) is 34.7 Å². The minimum absolute atomic E-state index is 0.0387. The molecule has 3 aromatic carbocycles. The summed E-state index contributed by atoms with van der Waals surface area (Å²) in [5, 5.41) is 1.24. The third-order valence-corrected chi connectivity index (χ3v) is 10.3. The molecule has 0 atom stereocenters. The molecule has 3 heterocycles. The quantitative estimate of drug-likeness (QED) is 0.160. The highest BCUT2D eigenvalue weighted by molar-refractivity contribution is 7.92. The Morgan fingerprint density at radius 1 is 0.939 bits per heavy atom. The van der Waals surface area contributed by atoms with Gasteiger partial charge in [0.15, 0.2) is 0 Å². The van der Waals surface area contributed by atoms with Gasteiger partial charge < -0.3 is 18.9 Å². The number of hydrogen-bond acceptors (Lipinski definition) is 7. The maximum absolute atomic E-state index is 13.6. The van der Waals surface area contributed by atoms with E-state index in [-0.39, 0.29) is 38.2 Å². The summed E-state index contributed by atoms with van der Waals surface area (Å²) in [6.07, 6.45) is 1.37. The SMILES string of the molecule is Cc1cc(Oc2ccc3cc(C(=O)N4CCN(Cc5ccc(OC(F)F)cc5)CC4)n(C)c3c2)ncc1NS(=O)(=O)c1ccc(Cl)c(Cl)c1. The molecule has 1 saturated heterocycles. The van der Waals surface area contributed by atoms with E-state index in [1.165, 1.54) is 36.5 Å². The molecule has 1 fully saturated rings. The van der Waals surface area contributed by atoms with Gasteiger partial charge in [-0.15, -0.1) is 0 Å². The second-order valence-corrected chi connectivity index (χ2v) is 14.0. The number of fused-ring (bicyclic) bond motifs is 1. The normalized spacial score (nSPS) is 14.0. The van der Waals surface area contributed by atoms with E-state index in [0.29, 0.717) is 49.7 Å². The number of rotatable bonds is 10. The lowest BCUT2D eigenvalue weighted by Crippen LogP contribution is -2.48. The minimum atomic E-state index is -3.94. The predicted octanol–water partition coefficient (Wildman–Crippen LogP) is 7.34. The highest BCUT2D eigenvalue weighted by Crippen LogP contribution is 2.31. The number of aromatic nitrogens is 2. The molecule has 15 heteroatoms. The van der Waals surface area contributed by atoms with Crippen molar-refractivity contribution in [1.82, 2.24) is 19.4 Å². The molecule has 0 saturated carbocycles. The van der Waals surface area contributed by atoms with Gasteiger partial charge in [-0.1, -0.05) is 35.3 Å². The van der Waals surface area contributed by atoms with Crippen molar-refractivity contribution in [1.29, 1.82) is 0 Å². The zero-order valence-electron chi connectivity index (χ0n) is 26.4. The molecule has 256 valence electrons. The summed E-state index contributed by atoms with van der Waals surface area (Å²) < 4.78 is 65.4. The monoisotopic (exact) mass is 729 g/mol. The summed E-state index contributed by atoms with van der Waals surface area (Å²) in [7, 11) is -2.11. The lowest BCUT2D eigenvalue weighted by molar-refractivity contribution is -0.0498. The molecule has 1 aliphatic rings. The molecule has 0 aliphatic carbocycles. The fourth-order valence-corrected chi connectivity index (χ4v) is 7.05. The van der Waals surface area contributed by atoms with Crippen LogP contribution in [0, 0.1) is 6.92 Å². The van der Waals surface area contributed by atoms with Gasteiger partial charge in [0.1, 0.15) is 17.2 Å². The van der Waals surface area contributed by atoms with Crippen molar-refractivity contribution in [3.05, 3.63) is 106 Å². The maximum atomic E-state index is 13.6. The number of halogens is 4. The number of anilines is 1. The second kappa shape index (κ2) is 14.2. The van der Waals surface area contributed by atoms with Gasteiger partial charge in [0, 0.05) is 57.3 Å². The van der Waals surface area contributed by atoms with Crippen molar-refractivity contribution in [3.8, 4) is 17.4 Å². The number of pyridine rings is 1. The highest BCUT2D eigenvalue weighted by Gasteiger charge is 2.25. The number of nitrogens with zero attached hydrogens (tertiary/aromatic N) is 4. The first-order chi connectivity index (χ1) is 23.4. The Labute approximate surface area is 291 Å². The van der Waals surface area contributed by atoms with Crippen LogP contribution in [0.3, 0.4) is 0 Å². The summed E-state index contributed by atoms with van der Waals surface area (Å²) in [5.74, 6) is 0.792. The van der Waals surface area contributed by atoms with Crippen LogP contribution in [0.5, 0.6) is 17.4 Å². The van der Waals surface area contributed by atoms with Crippen LogP contribution in [0.25, 0.3) is 10.9 Å². The molecule has 5 aromatic rings. The van der Waals surface area contributed by atoms with Crippen LogP contribution in [0.4, 0.5) is 14.5 Å². The molecule has 1 aliphatic heterocycles. The Bertz CT molecular complexity index is 2120. The number of amides is 1. The van der Waals surface area contributed by atoms with Gasteiger partial charge in [0.05, 0.1) is 32.3 Å². The highest BCUT2D eigenvalue weighted by atomic mass is 35.5. The molecular formula is C34H31Cl2F2N5O5S. The molecule has 1 amide bonds. The van der Waals surface area contributed by atoms with E-state index >= 15 is 0 Å². The van der Waals surface area contributed by atoms with Crippen LogP contribution < -0.4 is 14.2 Å². The van der Waals surface area contributed by atoms with Gasteiger partial charge >= 0.3 is 6.61 Å². The first-order valence-electron chi connectivity index (χ1n) is 15.1. The number of alkyl halides is 2. The van der Waals surface area contributed by atoms with Crippen molar-refractivity contribution in [2.45, 2.75) is 25.0 Å². The minimum Gasteiger partial charge on any atom is -0.439 e. The summed E-state index contributed by atoms with van der Waals surface area (Å²) >= 11 is 11.9. The Hall–Kier alpha value is -4.43. The lowest BCUT2D eigenvalue weighted by atomic mass is 10.2. The van der Waals surface area contributed by atoms with Crippen LogP contribution in [-0.2, 0) is 23.6 Å². The number of carbonyl (C=O) groups is 1. The average Bonchev–Trinajstić information content (AvgIpc) is 3.39. The fourth-order valence-electron chi connectivity index (χ4n) is 5.55. The second-order valence-electron chi connectivity index (χ2n) is 11.5. The Morgan fingerprint density at radius 2 is 1.65 bits per heavy atom. The topological polar surface area (TPSA) is 106 Å². The van der Waals surface area contributed by atoms with Gasteiger partial charge in [-0.2, -0.15) is 8.78 Å². The fraction of sp³-hybridized carbons (Fsp3) is 0.235. The third kappa shape index (κ3) is 7.91. The Morgan fingerprint density at radius 3 is 2.33 bits per heavy atom. The summed E-state index contributed by atoms with van der Waals surface area (Å²) in [5.41, 5.74) is 3.17. The number of aryl methyl sites for hydroxylation is 2. The van der Waals surface area contributed by atoms with Crippen LogP contribution in [0.2, 0.25) is 10.0 Å². The third-order valence-electron chi connectivity index (χ3n) is 8.20. The predicted molar refractivity (Wildman–Crippen MR) is 183 cm³/mol.